The van der Waals surface area contributed by atoms with Gasteiger partial charge in [0.05, 0.1) is 0 Å². The van der Waals surface area contributed by atoms with Gasteiger partial charge in [-0.15, -0.1) is 0 Å². The molecule has 102 valence electrons. The molecule has 2 N–H and O–H groups in total. The summed E-state index contributed by atoms with van der Waals surface area (Å²) in [5.74, 6) is -0.150. The van der Waals surface area contributed by atoms with Crippen LogP contribution < -0.4 is 10.6 Å². The maximum atomic E-state index is 14.0. The fourth-order valence-corrected chi connectivity index (χ4v) is 2.43. The van der Waals surface area contributed by atoms with Crippen molar-refractivity contribution in [1.82, 2.24) is 0 Å². The molecule has 0 radical (unpaired) electrons. The minimum atomic E-state index is -0.150. The summed E-state index contributed by atoms with van der Waals surface area (Å²) in [6, 6.07) is 5.68. The third kappa shape index (κ3) is 3.45. The first-order valence-electron chi connectivity index (χ1n) is 6.77. The van der Waals surface area contributed by atoms with E-state index in [2.05, 4.69) is 18.7 Å². The van der Waals surface area contributed by atoms with E-state index in [-0.39, 0.29) is 11.9 Å². The normalized spacial score (nSPS) is 12.8. The number of nitrogens with two attached hydrogens (primary N) is 1. The van der Waals surface area contributed by atoms with Crippen molar-refractivity contribution in [2.24, 2.45) is 5.73 Å². The summed E-state index contributed by atoms with van der Waals surface area (Å²) in [5.41, 5.74) is 7.53. The van der Waals surface area contributed by atoms with Crippen molar-refractivity contribution in [2.45, 2.75) is 52.1 Å². The number of hydrogen-bond donors (Lipinski definition) is 1. The molecule has 0 aliphatic heterocycles. The zero-order valence-electron chi connectivity index (χ0n) is 11.9. The van der Waals surface area contributed by atoms with E-state index in [1.165, 1.54) is 6.07 Å². The average Bonchev–Trinajstić information content (AvgIpc) is 2.32. The molecule has 0 spiro atoms. The van der Waals surface area contributed by atoms with Gasteiger partial charge in [0.1, 0.15) is 5.82 Å². The van der Waals surface area contributed by atoms with Gasteiger partial charge in [-0.1, -0.05) is 19.9 Å². The van der Waals surface area contributed by atoms with Crippen LogP contribution in [0.2, 0.25) is 0 Å². The Morgan fingerprint density at radius 2 is 1.89 bits per heavy atom. The molecular formula is C15H25FN2. The molecule has 1 rings (SSSR count). The Morgan fingerprint density at radius 3 is 2.39 bits per heavy atom. The smallest absolute Gasteiger partial charge is 0.128 e. The van der Waals surface area contributed by atoms with Crippen LogP contribution in [0.25, 0.3) is 0 Å². The first kappa shape index (κ1) is 15.0. The highest BCUT2D eigenvalue weighted by molar-refractivity contribution is 5.54. The Hall–Kier alpha value is -1.09. The molecule has 1 unspecified atom stereocenters. The van der Waals surface area contributed by atoms with Crippen molar-refractivity contribution >= 4 is 5.69 Å². The van der Waals surface area contributed by atoms with E-state index in [0.29, 0.717) is 12.5 Å². The van der Waals surface area contributed by atoms with Gasteiger partial charge in [-0.25, -0.2) is 4.39 Å². The zero-order valence-corrected chi connectivity index (χ0v) is 11.9. The minimum Gasteiger partial charge on any atom is -0.371 e. The lowest BCUT2D eigenvalue weighted by Crippen LogP contribution is -2.32. The maximum absolute atomic E-state index is 14.0. The van der Waals surface area contributed by atoms with Crippen molar-refractivity contribution in [3.8, 4) is 0 Å². The van der Waals surface area contributed by atoms with Gasteiger partial charge in [0.2, 0.25) is 0 Å². The van der Waals surface area contributed by atoms with Crippen LogP contribution in [-0.4, -0.2) is 19.1 Å². The second-order valence-electron chi connectivity index (χ2n) is 5.00. The van der Waals surface area contributed by atoms with Gasteiger partial charge in [0, 0.05) is 30.4 Å². The predicted molar refractivity (Wildman–Crippen MR) is 76.5 cm³/mol. The Morgan fingerprint density at radius 1 is 1.28 bits per heavy atom. The molecule has 0 fully saturated rings. The molecule has 0 saturated carbocycles. The molecule has 18 heavy (non-hydrogen) atoms. The number of nitrogens with zero attached hydrogens (tertiary/aromatic N) is 1. The SMILES string of the molecule is CCC(CC)N(C)c1cccc(F)c1CC(C)N. The number of hydrogen-bond acceptors (Lipinski definition) is 2. The largest absolute Gasteiger partial charge is 0.371 e. The average molecular weight is 252 g/mol. The summed E-state index contributed by atoms with van der Waals surface area (Å²) in [5, 5.41) is 0. The van der Waals surface area contributed by atoms with Crippen molar-refractivity contribution in [3.63, 3.8) is 0 Å². The highest BCUT2D eigenvalue weighted by atomic mass is 19.1. The van der Waals surface area contributed by atoms with Crippen LogP contribution in [0.1, 0.15) is 39.2 Å². The van der Waals surface area contributed by atoms with Crippen LogP contribution in [0, 0.1) is 5.82 Å². The van der Waals surface area contributed by atoms with Gasteiger partial charge in [0.15, 0.2) is 0 Å². The molecule has 0 aliphatic carbocycles. The summed E-state index contributed by atoms with van der Waals surface area (Å²) in [6.07, 6.45) is 2.69. The lowest BCUT2D eigenvalue weighted by molar-refractivity contribution is 0.571. The number of halogens is 1. The molecule has 0 heterocycles. The van der Waals surface area contributed by atoms with Crippen LogP contribution in [-0.2, 0) is 6.42 Å². The Kier molecular flexibility index (Phi) is 5.60. The molecular weight excluding hydrogens is 227 g/mol. The number of benzene rings is 1. The van der Waals surface area contributed by atoms with Crippen molar-refractivity contribution < 1.29 is 4.39 Å². The predicted octanol–water partition coefficient (Wildman–Crippen LogP) is 3.34. The topological polar surface area (TPSA) is 29.3 Å². The monoisotopic (exact) mass is 252 g/mol. The molecule has 0 aromatic heterocycles. The molecule has 2 nitrogen and oxygen atoms in total. The van der Waals surface area contributed by atoms with Gasteiger partial charge in [0.25, 0.3) is 0 Å². The summed E-state index contributed by atoms with van der Waals surface area (Å²) < 4.78 is 14.0. The Labute approximate surface area is 110 Å². The maximum Gasteiger partial charge on any atom is 0.128 e. The first-order chi connectivity index (χ1) is 8.51. The minimum absolute atomic E-state index is 0.0317. The van der Waals surface area contributed by atoms with Gasteiger partial charge >= 0.3 is 0 Å². The lowest BCUT2D eigenvalue weighted by Gasteiger charge is -2.30. The highest BCUT2D eigenvalue weighted by Crippen LogP contribution is 2.26. The Balaban J connectivity index is 3.10. The van der Waals surface area contributed by atoms with E-state index in [4.69, 9.17) is 5.73 Å². The van der Waals surface area contributed by atoms with Gasteiger partial charge in [-0.05, 0) is 38.3 Å². The molecule has 3 heteroatoms. The standard InChI is InChI=1S/C15H25FN2/c1-5-12(6-2)18(4)15-9-7-8-14(16)13(15)10-11(3)17/h7-9,11-12H,5-6,10,17H2,1-4H3. The van der Waals surface area contributed by atoms with E-state index >= 15 is 0 Å². The molecule has 1 aromatic carbocycles. The highest BCUT2D eigenvalue weighted by Gasteiger charge is 2.17. The van der Waals surface area contributed by atoms with Crippen LogP contribution in [0.4, 0.5) is 10.1 Å². The van der Waals surface area contributed by atoms with Gasteiger partial charge in [-0.3, -0.25) is 0 Å². The molecule has 1 aromatic rings. The van der Waals surface area contributed by atoms with Crippen molar-refractivity contribution in [3.05, 3.63) is 29.6 Å². The first-order valence-corrected chi connectivity index (χ1v) is 6.77. The number of rotatable bonds is 6. The zero-order chi connectivity index (χ0) is 13.7. The summed E-state index contributed by atoms with van der Waals surface area (Å²) in [7, 11) is 2.04. The molecule has 0 aliphatic rings. The second kappa shape index (κ2) is 6.74. The van der Waals surface area contributed by atoms with Crippen molar-refractivity contribution in [1.29, 1.82) is 0 Å². The Bertz CT molecular complexity index is 373. The van der Waals surface area contributed by atoms with Crippen LogP contribution >= 0.6 is 0 Å². The molecule has 1 atom stereocenters. The third-order valence-corrected chi connectivity index (χ3v) is 3.49. The van der Waals surface area contributed by atoms with E-state index in [0.717, 1.165) is 24.1 Å². The lowest BCUT2D eigenvalue weighted by atomic mass is 10.0. The van der Waals surface area contributed by atoms with E-state index in [1.54, 1.807) is 6.07 Å². The van der Waals surface area contributed by atoms with E-state index < -0.39 is 0 Å². The van der Waals surface area contributed by atoms with E-state index in [9.17, 15) is 4.39 Å². The van der Waals surface area contributed by atoms with Crippen LogP contribution in [0.3, 0.4) is 0 Å². The van der Waals surface area contributed by atoms with E-state index in [1.807, 2.05) is 20.0 Å². The second-order valence-corrected chi connectivity index (χ2v) is 5.00. The number of anilines is 1. The van der Waals surface area contributed by atoms with Gasteiger partial charge < -0.3 is 10.6 Å². The summed E-state index contributed by atoms with van der Waals surface area (Å²) in [6.45, 7) is 6.23. The fourth-order valence-electron chi connectivity index (χ4n) is 2.43. The molecule has 0 saturated heterocycles. The fraction of sp³-hybridized carbons (Fsp3) is 0.600. The molecule has 0 bridgehead atoms. The van der Waals surface area contributed by atoms with Gasteiger partial charge in [-0.2, -0.15) is 0 Å². The summed E-state index contributed by atoms with van der Waals surface area (Å²) in [4.78, 5) is 2.18. The molecule has 0 amide bonds. The van der Waals surface area contributed by atoms with Crippen LogP contribution in [0.5, 0.6) is 0 Å². The third-order valence-electron chi connectivity index (χ3n) is 3.49. The quantitative estimate of drug-likeness (QED) is 0.841. The van der Waals surface area contributed by atoms with Crippen LogP contribution in [0.15, 0.2) is 18.2 Å². The van der Waals surface area contributed by atoms with Crippen molar-refractivity contribution in [2.75, 3.05) is 11.9 Å². The summed E-state index contributed by atoms with van der Waals surface area (Å²) >= 11 is 0.